The lowest BCUT2D eigenvalue weighted by atomic mass is 9.83. The van der Waals surface area contributed by atoms with Crippen molar-refractivity contribution in [2.75, 3.05) is 0 Å². The molecule has 0 saturated carbocycles. The molecule has 4 aromatic heterocycles. The Morgan fingerprint density at radius 3 is 2.54 bits per heavy atom. The van der Waals surface area contributed by atoms with Crippen molar-refractivity contribution in [2.24, 2.45) is 19.8 Å². The van der Waals surface area contributed by atoms with Gasteiger partial charge in [0.05, 0.1) is 41.3 Å². The molecule has 1 unspecified atom stereocenters. The fourth-order valence-electron chi connectivity index (χ4n) is 4.32. The Kier molecular flexibility index (Phi) is 5.48. The average molecular weight is 481 g/mol. The molecule has 8 heteroatoms. The predicted molar refractivity (Wildman–Crippen MR) is 137 cm³/mol. The fourth-order valence-corrected chi connectivity index (χ4v) is 4.44. The van der Waals surface area contributed by atoms with E-state index in [1.807, 2.05) is 41.9 Å². The SMILES string of the molecule is C#Cc1cccc(-c2cc(=O)n(C)c3cnc(C(N)(c4ccc(Cl)cc4)c4cncn4C)cc23)n1. The van der Waals surface area contributed by atoms with Gasteiger partial charge in [-0.1, -0.05) is 35.7 Å². The Labute approximate surface area is 206 Å². The van der Waals surface area contributed by atoms with Gasteiger partial charge in [0.15, 0.2) is 0 Å². The van der Waals surface area contributed by atoms with Crippen molar-refractivity contribution < 1.29 is 0 Å². The maximum Gasteiger partial charge on any atom is 0.251 e. The molecule has 0 aliphatic rings. The van der Waals surface area contributed by atoms with Gasteiger partial charge in [-0.15, -0.1) is 6.42 Å². The number of halogens is 1. The molecule has 7 nitrogen and oxygen atoms in total. The van der Waals surface area contributed by atoms with Gasteiger partial charge in [-0.25, -0.2) is 9.97 Å². The lowest BCUT2D eigenvalue weighted by Gasteiger charge is -2.30. The van der Waals surface area contributed by atoms with E-state index in [4.69, 9.17) is 28.7 Å². The largest absolute Gasteiger partial charge is 0.335 e. The lowest BCUT2D eigenvalue weighted by Crippen LogP contribution is -2.41. The zero-order valence-corrected chi connectivity index (χ0v) is 19.9. The van der Waals surface area contributed by atoms with Crippen molar-refractivity contribution in [3.8, 4) is 23.6 Å². The van der Waals surface area contributed by atoms with Crippen LogP contribution in [-0.2, 0) is 19.6 Å². The van der Waals surface area contributed by atoms with Crippen LogP contribution in [0.25, 0.3) is 22.2 Å². The smallest absolute Gasteiger partial charge is 0.251 e. The number of aromatic nitrogens is 5. The second-order valence-electron chi connectivity index (χ2n) is 8.30. The molecule has 0 aliphatic carbocycles. The minimum Gasteiger partial charge on any atom is -0.335 e. The first-order valence-electron chi connectivity index (χ1n) is 10.8. The molecule has 0 fully saturated rings. The highest BCUT2D eigenvalue weighted by atomic mass is 35.5. The van der Waals surface area contributed by atoms with Crippen molar-refractivity contribution in [1.29, 1.82) is 0 Å². The number of imidazole rings is 1. The van der Waals surface area contributed by atoms with Crippen LogP contribution in [0.4, 0.5) is 0 Å². The molecule has 0 bridgehead atoms. The third kappa shape index (κ3) is 3.69. The highest BCUT2D eigenvalue weighted by Gasteiger charge is 2.36. The van der Waals surface area contributed by atoms with Gasteiger partial charge in [0.2, 0.25) is 0 Å². The second-order valence-corrected chi connectivity index (χ2v) is 8.74. The van der Waals surface area contributed by atoms with Gasteiger partial charge in [0.25, 0.3) is 5.56 Å². The highest BCUT2D eigenvalue weighted by molar-refractivity contribution is 6.30. The third-order valence-corrected chi connectivity index (χ3v) is 6.48. The van der Waals surface area contributed by atoms with Crippen LogP contribution in [0.3, 0.4) is 0 Å². The third-order valence-electron chi connectivity index (χ3n) is 6.23. The first kappa shape index (κ1) is 22.5. The summed E-state index contributed by atoms with van der Waals surface area (Å²) in [5.41, 5.74) is 10.3. The number of nitrogens with zero attached hydrogens (tertiary/aromatic N) is 5. The Bertz CT molecular complexity index is 1680. The van der Waals surface area contributed by atoms with Crippen LogP contribution < -0.4 is 11.3 Å². The fraction of sp³-hybridized carbons (Fsp3) is 0.111. The highest BCUT2D eigenvalue weighted by Crippen LogP contribution is 2.36. The van der Waals surface area contributed by atoms with E-state index < -0.39 is 5.54 Å². The number of nitrogens with two attached hydrogens (primary N) is 1. The Hall–Kier alpha value is -4.25. The van der Waals surface area contributed by atoms with Crippen molar-refractivity contribution in [3.63, 3.8) is 0 Å². The van der Waals surface area contributed by atoms with Crippen LogP contribution in [0.2, 0.25) is 5.02 Å². The summed E-state index contributed by atoms with van der Waals surface area (Å²) in [4.78, 5) is 26.3. The molecule has 0 radical (unpaired) electrons. The topological polar surface area (TPSA) is 91.6 Å². The normalized spacial score (nSPS) is 12.9. The summed E-state index contributed by atoms with van der Waals surface area (Å²) in [7, 11) is 3.59. The molecule has 0 saturated heterocycles. The quantitative estimate of drug-likeness (QED) is 0.397. The Morgan fingerprint density at radius 2 is 1.86 bits per heavy atom. The molecule has 35 heavy (non-hydrogen) atoms. The van der Waals surface area contributed by atoms with Crippen molar-refractivity contribution in [1.82, 2.24) is 24.1 Å². The lowest BCUT2D eigenvalue weighted by molar-refractivity contribution is 0.579. The summed E-state index contributed by atoms with van der Waals surface area (Å²) >= 11 is 6.16. The second kappa shape index (κ2) is 8.51. The van der Waals surface area contributed by atoms with Gasteiger partial charge in [0, 0.05) is 36.1 Å². The van der Waals surface area contributed by atoms with Gasteiger partial charge in [-0.3, -0.25) is 9.78 Å². The molecular formula is C27H21ClN6O. The molecule has 0 spiro atoms. The van der Waals surface area contributed by atoms with Crippen LogP contribution in [0.5, 0.6) is 0 Å². The summed E-state index contributed by atoms with van der Waals surface area (Å²) in [5.74, 6) is 2.55. The summed E-state index contributed by atoms with van der Waals surface area (Å²) in [6.07, 6.45) is 10.6. The number of hydrogen-bond acceptors (Lipinski definition) is 5. The maximum absolute atomic E-state index is 12.8. The standard InChI is InChI=1S/C27H21ClN6O/c1-4-19-6-5-7-22(32-19)20-13-26(35)34(3)23-14-31-24(12-21(20)23)27(29,25-15-30-16-33(25)2)17-8-10-18(28)11-9-17/h1,5-16H,29H2,2-3H3. The van der Waals surface area contributed by atoms with Crippen LogP contribution in [0.15, 0.2) is 78.1 Å². The number of rotatable bonds is 4. The number of terminal acetylenes is 1. The average Bonchev–Trinajstić information content (AvgIpc) is 3.32. The predicted octanol–water partition coefficient (Wildman–Crippen LogP) is 3.61. The summed E-state index contributed by atoms with van der Waals surface area (Å²) in [6, 6.07) is 16.2. The van der Waals surface area contributed by atoms with Gasteiger partial charge < -0.3 is 14.9 Å². The number of pyridine rings is 3. The molecule has 4 heterocycles. The van der Waals surface area contributed by atoms with E-state index in [-0.39, 0.29) is 5.56 Å². The van der Waals surface area contributed by atoms with Crippen LogP contribution >= 0.6 is 11.6 Å². The number of fused-ring (bicyclic) bond motifs is 1. The molecule has 5 rings (SSSR count). The molecule has 0 aliphatic heterocycles. The molecule has 172 valence electrons. The zero-order chi connectivity index (χ0) is 24.7. The first-order chi connectivity index (χ1) is 16.8. The van der Waals surface area contributed by atoms with Crippen LogP contribution in [-0.4, -0.2) is 24.1 Å². The Morgan fingerprint density at radius 1 is 1.09 bits per heavy atom. The molecule has 5 aromatic rings. The molecule has 0 amide bonds. The summed E-state index contributed by atoms with van der Waals surface area (Å²) in [6.45, 7) is 0. The number of aryl methyl sites for hydroxylation is 2. The van der Waals surface area contributed by atoms with Crippen LogP contribution in [0, 0.1) is 12.3 Å². The molecule has 2 N–H and O–H groups in total. The number of hydrogen-bond donors (Lipinski definition) is 1. The van der Waals surface area contributed by atoms with Crippen LogP contribution in [0.1, 0.15) is 22.6 Å². The van der Waals surface area contributed by atoms with E-state index in [1.54, 1.807) is 54.6 Å². The van der Waals surface area contributed by atoms with Gasteiger partial charge in [-0.2, -0.15) is 0 Å². The minimum absolute atomic E-state index is 0.182. The van der Waals surface area contributed by atoms with Gasteiger partial charge in [0.1, 0.15) is 11.2 Å². The summed E-state index contributed by atoms with van der Waals surface area (Å²) in [5, 5.41) is 1.37. The molecule has 1 atom stereocenters. The maximum atomic E-state index is 12.8. The monoisotopic (exact) mass is 480 g/mol. The summed E-state index contributed by atoms with van der Waals surface area (Å²) < 4.78 is 3.41. The Balaban J connectivity index is 1.84. The van der Waals surface area contributed by atoms with Gasteiger partial charge in [-0.05, 0) is 35.9 Å². The van der Waals surface area contributed by atoms with E-state index in [1.165, 1.54) is 0 Å². The van der Waals surface area contributed by atoms with Crippen molar-refractivity contribution in [3.05, 3.63) is 111 Å². The van der Waals surface area contributed by atoms with E-state index in [0.29, 0.717) is 33.2 Å². The zero-order valence-electron chi connectivity index (χ0n) is 19.1. The van der Waals surface area contributed by atoms with Gasteiger partial charge >= 0.3 is 0 Å². The molecular weight excluding hydrogens is 460 g/mol. The van der Waals surface area contributed by atoms with Crippen molar-refractivity contribution in [2.45, 2.75) is 5.54 Å². The van der Waals surface area contributed by atoms with E-state index >= 15 is 0 Å². The van der Waals surface area contributed by atoms with E-state index in [2.05, 4.69) is 15.9 Å². The van der Waals surface area contributed by atoms with E-state index in [0.717, 1.165) is 16.6 Å². The first-order valence-corrected chi connectivity index (χ1v) is 11.2. The van der Waals surface area contributed by atoms with Crippen molar-refractivity contribution >= 4 is 22.5 Å². The minimum atomic E-state index is -1.15. The number of benzene rings is 1. The molecule has 1 aromatic carbocycles. The van der Waals surface area contributed by atoms with E-state index in [9.17, 15) is 4.79 Å².